The molecule has 2 aromatic rings. The number of furan rings is 1. The number of hydrogen-bond acceptors (Lipinski definition) is 4. The van der Waals surface area contributed by atoms with Crippen molar-refractivity contribution in [1.82, 2.24) is 10.6 Å². The van der Waals surface area contributed by atoms with E-state index in [4.69, 9.17) is 10.2 Å². The fraction of sp³-hybridized carbons (Fsp3) is 0.389. The van der Waals surface area contributed by atoms with Crippen LogP contribution in [0.5, 0.6) is 0 Å². The van der Waals surface area contributed by atoms with E-state index in [2.05, 4.69) is 10.6 Å². The SMILES string of the molecule is Cc1ccc(-c2ccc(C(=O)NC3CC4CCC3N4)o2)c(N)c1. The third kappa shape index (κ3) is 2.61. The molecule has 2 aliphatic heterocycles. The van der Waals surface area contributed by atoms with Crippen molar-refractivity contribution in [2.45, 2.75) is 44.3 Å². The van der Waals surface area contributed by atoms with Crippen molar-refractivity contribution in [2.75, 3.05) is 5.73 Å². The van der Waals surface area contributed by atoms with Crippen LogP contribution in [-0.2, 0) is 0 Å². The molecule has 23 heavy (non-hydrogen) atoms. The highest BCUT2D eigenvalue weighted by atomic mass is 16.3. The van der Waals surface area contributed by atoms with Gasteiger partial charge in [0.05, 0.1) is 0 Å². The van der Waals surface area contributed by atoms with Crippen LogP contribution in [-0.4, -0.2) is 24.0 Å². The van der Waals surface area contributed by atoms with Crippen molar-refractivity contribution in [3.63, 3.8) is 0 Å². The van der Waals surface area contributed by atoms with Gasteiger partial charge in [-0.1, -0.05) is 6.07 Å². The standard InChI is InChI=1S/C18H21N3O2/c1-10-2-4-12(13(19)8-10)16-6-7-17(23-16)18(22)21-15-9-11-3-5-14(15)20-11/h2,4,6-8,11,14-15,20H,3,5,9,19H2,1H3,(H,21,22). The van der Waals surface area contributed by atoms with Gasteiger partial charge >= 0.3 is 0 Å². The number of nitrogens with two attached hydrogens (primary N) is 1. The summed E-state index contributed by atoms with van der Waals surface area (Å²) in [6.07, 6.45) is 3.36. The van der Waals surface area contributed by atoms with Crippen LogP contribution in [0.15, 0.2) is 34.7 Å². The van der Waals surface area contributed by atoms with E-state index in [0.717, 1.165) is 24.0 Å². The summed E-state index contributed by atoms with van der Waals surface area (Å²) < 4.78 is 5.73. The first kappa shape index (κ1) is 14.3. The second-order valence-electron chi connectivity index (χ2n) is 6.62. The Hall–Kier alpha value is -2.27. The van der Waals surface area contributed by atoms with Gasteiger partial charge in [-0.05, 0) is 56.0 Å². The summed E-state index contributed by atoms with van der Waals surface area (Å²) in [7, 11) is 0. The highest BCUT2D eigenvalue weighted by molar-refractivity contribution is 5.92. The lowest BCUT2D eigenvalue weighted by Crippen LogP contribution is -2.42. The third-order valence-corrected chi connectivity index (χ3v) is 4.92. The van der Waals surface area contributed by atoms with Gasteiger partial charge in [0.25, 0.3) is 5.91 Å². The summed E-state index contributed by atoms with van der Waals surface area (Å²) in [5.74, 6) is 0.808. The van der Waals surface area contributed by atoms with Gasteiger partial charge < -0.3 is 20.8 Å². The number of fused-ring (bicyclic) bond motifs is 2. The molecule has 4 N–H and O–H groups in total. The zero-order chi connectivity index (χ0) is 16.0. The molecule has 2 saturated heterocycles. The summed E-state index contributed by atoms with van der Waals surface area (Å²) in [6, 6.07) is 10.5. The zero-order valence-electron chi connectivity index (χ0n) is 13.1. The Morgan fingerprint density at radius 2 is 2.17 bits per heavy atom. The van der Waals surface area contributed by atoms with E-state index in [0.29, 0.717) is 29.3 Å². The molecular formula is C18H21N3O2. The Kier molecular flexibility index (Phi) is 3.38. The number of carbonyl (C=O) groups excluding carboxylic acids is 1. The maximum Gasteiger partial charge on any atom is 0.287 e. The number of hydrogen-bond donors (Lipinski definition) is 3. The second-order valence-corrected chi connectivity index (χ2v) is 6.62. The lowest BCUT2D eigenvalue weighted by molar-refractivity contribution is 0.0903. The molecule has 120 valence electrons. The topological polar surface area (TPSA) is 80.3 Å². The number of aryl methyl sites for hydroxylation is 1. The third-order valence-electron chi connectivity index (χ3n) is 4.92. The summed E-state index contributed by atoms with van der Waals surface area (Å²) in [5, 5.41) is 6.61. The quantitative estimate of drug-likeness (QED) is 0.761. The highest BCUT2D eigenvalue weighted by Crippen LogP contribution is 2.30. The predicted molar refractivity (Wildman–Crippen MR) is 89.1 cm³/mol. The molecule has 2 aliphatic rings. The average molecular weight is 311 g/mol. The summed E-state index contributed by atoms with van der Waals surface area (Å²) in [4.78, 5) is 12.4. The van der Waals surface area contributed by atoms with E-state index in [-0.39, 0.29) is 11.9 Å². The van der Waals surface area contributed by atoms with Gasteiger partial charge in [0.1, 0.15) is 5.76 Å². The molecule has 0 saturated carbocycles. The van der Waals surface area contributed by atoms with Crippen molar-refractivity contribution in [3.8, 4) is 11.3 Å². The molecule has 3 heterocycles. The van der Waals surface area contributed by atoms with E-state index in [1.807, 2.05) is 25.1 Å². The Labute approximate surface area is 135 Å². The molecule has 5 nitrogen and oxygen atoms in total. The molecule has 1 amide bonds. The van der Waals surface area contributed by atoms with E-state index in [9.17, 15) is 4.79 Å². The minimum atomic E-state index is -0.152. The van der Waals surface area contributed by atoms with Gasteiger partial charge in [-0.25, -0.2) is 0 Å². The van der Waals surface area contributed by atoms with Crippen molar-refractivity contribution in [1.29, 1.82) is 0 Å². The predicted octanol–water partition coefficient (Wildman–Crippen LogP) is 2.46. The van der Waals surface area contributed by atoms with E-state index >= 15 is 0 Å². The second kappa shape index (κ2) is 5.42. The maximum atomic E-state index is 12.4. The minimum Gasteiger partial charge on any atom is -0.451 e. The van der Waals surface area contributed by atoms with E-state index in [1.54, 1.807) is 12.1 Å². The van der Waals surface area contributed by atoms with Gasteiger partial charge in [-0.15, -0.1) is 0 Å². The molecule has 1 aromatic carbocycles. The largest absolute Gasteiger partial charge is 0.451 e. The number of carbonyl (C=O) groups is 1. The summed E-state index contributed by atoms with van der Waals surface area (Å²) in [5.41, 5.74) is 8.61. The fourth-order valence-electron chi connectivity index (χ4n) is 3.73. The number of nitrogen functional groups attached to an aromatic ring is 1. The minimum absolute atomic E-state index is 0.152. The molecule has 1 aromatic heterocycles. The molecule has 0 spiro atoms. The van der Waals surface area contributed by atoms with Gasteiger partial charge in [0.2, 0.25) is 0 Å². The highest BCUT2D eigenvalue weighted by Gasteiger charge is 2.39. The number of nitrogens with one attached hydrogen (secondary N) is 2. The molecule has 2 fully saturated rings. The number of amides is 1. The first-order valence-electron chi connectivity index (χ1n) is 8.13. The Morgan fingerprint density at radius 1 is 1.30 bits per heavy atom. The van der Waals surface area contributed by atoms with Gasteiger partial charge in [-0.3, -0.25) is 4.79 Å². The molecule has 2 bridgehead atoms. The fourth-order valence-corrected chi connectivity index (χ4v) is 3.73. The van der Waals surface area contributed by atoms with Crippen LogP contribution in [0, 0.1) is 6.92 Å². The van der Waals surface area contributed by atoms with E-state index < -0.39 is 0 Å². The maximum absolute atomic E-state index is 12.4. The van der Waals surface area contributed by atoms with Crippen LogP contribution in [0.25, 0.3) is 11.3 Å². The Balaban J connectivity index is 1.50. The van der Waals surface area contributed by atoms with Crippen LogP contribution < -0.4 is 16.4 Å². The molecule has 5 heteroatoms. The van der Waals surface area contributed by atoms with Crippen molar-refractivity contribution in [3.05, 3.63) is 41.7 Å². The Morgan fingerprint density at radius 3 is 2.87 bits per heavy atom. The summed E-state index contributed by atoms with van der Waals surface area (Å²) >= 11 is 0. The van der Waals surface area contributed by atoms with Crippen LogP contribution >= 0.6 is 0 Å². The molecule has 0 aliphatic carbocycles. The number of benzene rings is 1. The van der Waals surface area contributed by atoms with Gasteiger partial charge in [0, 0.05) is 29.4 Å². The lowest BCUT2D eigenvalue weighted by atomic mass is 9.95. The van der Waals surface area contributed by atoms with Crippen LogP contribution in [0.1, 0.15) is 35.4 Å². The van der Waals surface area contributed by atoms with Crippen molar-refractivity contribution in [2.24, 2.45) is 0 Å². The molecule has 3 atom stereocenters. The smallest absolute Gasteiger partial charge is 0.287 e. The lowest BCUT2D eigenvalue weighted by Gasteiger charge is -2.20. The molecule has 4 rings (SSSR count). The normalized spacial score (nSPS) is 25.7. The average Bonchev–Trinajstić information content (AvgIpc) is 3.23. The zero-order valence-corrected chi connectivity index (χ0v) is 13.1. The monoisotopic (exact) mass is 311 g/mol. The van der Waals surface area contributed by atoms with Crippen molar-refractivity contribution < 1.29 is 9.21 Å². The van der Waals surface area contributed by atoms with Gasteiger partial charge in [0.15, 0.2) is 5.76 Å². The van der Waals surface area contributed by atoms with Crippen LogP contribution in [0.4, 0.5) is 5.69 Å². The molecule has 3 unspecified atom stereocenters. The molecular weight excluding hydrogens is 290 g/mol. The first-order valence-corrected chi connectivity index (χ1v) is 8.13. The molecule has 0 radical (unpaired) electrons. The van der Waals surface area contributed by atoms with Crippen LogP contribution in [0.2, 0.25) is 0 Å². The summed E-state index contributed by atoms with van der Waals surface area (Å²) in [6.45, 7) is 1.99. The number of anilines is 1. The van der Waals surface area contributed by atoms with E-state index in [1.165, 1.54) is 6.42 Å². The van der Waals surface area contributed by atoms with Crippen molar-refractivity contribution >= 4 is 11.6 Å². The number of rotatable bonds is 3. The Bertz CT molecular complexity index is 752. The van der Waals surface area contributed by atoms with Gasteiger partial charge in [-0.2, -0.15) is 0 Å². The first-order chi connectivity index (χ1) is 11.1. The van der Waals surface area contributed by atoms with Crippen LogP contribution in [0.3, 0.4) is 0 Å².